The molecule has 212 valence electrons. The van der Waals surface area contributed by atoms with E-state index in [-0.39, 0.29) is 0 Å². The molecule has 0 spiro atoms. The van der Waals surface area contributed by atoms with Crippen LogP contribution in [0.15, 0.2) is 42.5 Å². The Labute approximate surface area is 236 Å². The van der Waals surface area contributed by atoms with E-state index >= 15 is 0 Å². The molecule has 0 aliphatic carbocycles. The van der Waals surface area contributed by atoms with Gasteiger partial charge >= 0.3 is 0 Å². The van der Waals surface area contributed by atoms with Gasteiger partial charge in [-0.2, -0.15) is 0 Å². The van der Waals surface area contributed by atoms with Gasteiger partial charge in [0.2, 0.25) is 0 Å². The van der Waals surface area contributed by atoms with Crippen molar-refractivity contribution in [3.63, 3.8) is 0 Å². The van der Waals surface area contributed by atoms with Crippen molar-refractivity contribution in [3.05, 3.63) is 48.0 Å². The summed E-state index contributed by atoms with van der Waals surface area (Å²) >= 11 is 1.52. The maximum Gasteiger partial charge on any atom is 0.181 e. The summed E-state index contributed by atoms with van der Waals surface area (Å²) in [6.07, 6.45) is 12.3. The van der Waals surface area contributed by atoms with E-state index in [9.17, 15) is 0 Å². The number of hydrogen-bond acceptors (Lipinski definition) is 6. The number of nitrogen functional groups attached to an aromatic ring is 2. The highest BCUT2D eigenvalue weighted by Gasteiger charge is 2.15. The molecule has 3 rings (SSSR count). The van der Waals surface area contributed by atoms with Gasteiger partial charge < -0.3 is 21.1 Å². The molecule has 0 saturated carbocycles. The van der Waals surface area contributed by atoms with Crippen molar-refractivity contribution in [2.24, 2.45) is 5.92 Å². The van der Waals surface area contributed by atoms with E-state index in [1.807, 2.05) is 24.3 Å². The Hall–Kier alpha value is -2.31. The lowest BCUT2D eigenvalue weighted by Crippen LogP contribution is -2.33. The van der Waals surface area contributed by atoms with Crippen LogP contribution in [-0.4, -0.2) is 31.3 Å². The van der Waals surface area contributed by atoms with Gasteiger partial charge in [0, 0.05) is 31.1 Å². The van der Waals surface area contributed by atoms with Crippen LogP contribution in [0.3, 0.4) is 0 Å². The topological polar surface area (TPSA) is 77.4 Å². The molecule has 1 atom stereocenters. The maximum absolute atomic E-state index is 6.25. The van der Waals surface area contributed by atoms with Crippen LogP contribution in [0.1, 0.15) is 91.0 Å². The molecule has 1 heterocycles. The Balaban J connectivity index is 0.000000415. The average Bonchev–Trinajstić information content (AvgIpc) is 3.32. The molecule has 4 N–H and O–H groups in total. The normalized spacial score (nSPS) is 11.8. The molecule has 5 nitrogen and oxygen atoms in total. The Bertz CT molecular complexity index is 989. The zero-order valence-electron chi connectivity index (χ0n) is 24.4. The SMILES string of the molecule is CCCCCOCCN(CC(CC)CCCC)c1ccc(N)c(CCCC)c1.Nc1nc2ccccc2s1. The zero-order valence-corrected chi connectivity index (χ0v) is 25.2. The Morgan fingerprint density at radius 2 is 1.66 bits per heavy atom. The molecular formula is C32H52N4OS. The lowest BCUT2D eigenvalue weighted by molar-refractivity contribution is 0.135. The molecule has 2 aromatic carbocycles. The first-order valence-electron chi connectivity index (χ1n) is 14.8. The first-order chi connectivity index (χ1) is 18.5. The lowest BCUT2D eigenvalue weighted by atomic mass is 9.98. The van der Waals surface area contributed by atoms with Gasteiger partial charge in [-0.1, -0.05) is 89.7 Å². The number of aryl methyl sites for hydroxylation is 1. The van der Waals surface area contributed by atoms with E-state index < -0.39 is 0 Å². The summed E-state index contributed by atoms with van der Waals surface area (Å²) in [6, 6.07) is 14.6. The molecule has 0 saturated heterocycles. The Kier molecular flexibility index (Phi) is 15.8. The average molecular weight is 541 g/mol. The summed E-state index contributed by atoms with van der Waals surface area (Å²) in [5.74, 6) is 0.747. The third-order valence-electron chi connectivity index (χ3n) is 7.02. The predicted molar refractivity (Wildman–Crippen MR) is 169 cm³/mol. The van der Waals surface area contributed by atoms with Gasteiger partial charge in [-0.15, -0.1) is 0 Å². The third-order valence-corrected chi connectivity index (χ3v) is 7.89. The van der Waals surface area contributed by atoms with Crippen LogP contribution in [0.25, 0.3) is 10.2 Å². The third kappa shape index (κ3) is 11.6. The summed E-state index contributed by atoms with van der Waals surface area (Å²) < 4.78 is 7.09. The molecule has 1 unspecified atom stereocenters. The largest absolute Gasteiger partial charge is 0.399 e. The molecule has 3 aromatic rings. The molecule has 0 amide bonds. The molecule has 0 aliphatic rings. The highest BCUT2D eigenvalue weighted by molar-refractivity contribution is 7.22. The lowest BCUT2D eigenvalue weighted by Gasteiger charge is -2.30. The summed E-state index contributed by atoms with van der Waals surface area (Å²) in [5.41, 5.74) is 16.3. The monoisotopic (exact) mass is 540 g/mol. The molecule has 1 aromatic heterocycles. The first kappa shape index (κ1) is 31.9. The van der Waals surface area contributed by atoms with Gasteiger partial charge in [0.05, 0.1) is 16.8 Å². The van der Waals surface area contributed by atoms with E-state index in [1.165, 1.54) is 80.4 Å². The number of nitrogens with zero attached hydrogens (tertiary/aromatic N) is 2. The first-order valence-corrected chi connectivity index (χ1v) is 15.7. The van der Waals surface area contributed by atoms with Gasteiger partial charge in [0.1, 0.15) is 0 Å². The van der Waals surface area contributed by atoms with Crippen LogP contribution in [0.5, 0.6) is 0 Å². The van der Waals surface area contributed by atoms with Crippen LogP contribution in [-0.2, 0) is 11.2 Å². The second-order valence-corrected chi connectivity index (χ2v) is 11.3. The van der Waals surface area contributed by atoms with Crippen molar-refractivity contribution >= 4 is 38.1 Å². The van der Waals surface area contributed by atoms with E-state index in [2.05, 4.69) is 55.8 Å². The van der Waals surface area contributed by atoms with Crippen LogP contribution < -0.4 is 16.4 Å². The number of anilines is 3. The summed E-state index contributed by atoms with van der Waals surface area (Å²) in [6.45, 7) is 12.9. The number of thiazole rings is 1. The summed E-state index contributed by atoms with van der Waals surface area (Å²) in [7, 11) is 0. The number of para-hydroxylation sites is 1. The van der Waals surface area contributed by atoms with Crippen molar-refractivity contribution in [2.75, 3.05) is 42.7 Å². The molecular weight excluding hydrogens is 488 g/mol. The number of aromatic nitrogens is 1. The summed E-state index contributed by atoms with van der Waals surface area (Å²) in [4.78, 5) is 6.65. The highest BCUT2D eigenvalue weighted by Crippen LogP contribution is 2.25. The van der Waals surface area contributed by atoms with Gasteiger partial charge in [-0.25, -0.2) is 4.98 Å². The number of unbranched alkanes of at least 4 members (excludes halogenated alkanes) is 4. The van der Waals surface area contributed by atoms with Crippen molar-refractivity contribution in [2.45, 2.75) is 91.9 Å². The van der Waals surface area contributed by atoms with E-state index in [0.717, 1.165) is 54.5 Å². The molecule has 38 heavy (non-hydrogen) atoms. The van der Waals surface area contributed by atoms with Gasteiger partial charge in [0.15, 0.2) is 5.13 Å². The highest BCUT2D eigenvalue weighted by atomic mass is 32.1. The van der Waals surface area contributed by atoms with Crippen LogP contribution >= 0.6 is 11.3 Å². The fraction of sp³-hybridized carbons (Fsp3) is 0.594. The maximum atomic E-state index is 6.25. The van der Waals surface area contributed by atoms with E-state index in [1.54, 1.807) is 0 Å². The van der Waals surface area contributed by atoms with Gasteiger partial charge in [-0.3, -0.25) is 0 Å². The number of benzene rings is 2. The number of ether oxygens (including phenoxy) is 1. The molecule has 0 radical (unpaired) electrons. The predicted octanol–water partition coefficient (Wildman–Crippen LogP) is 8.72. The minimum atomic E-state index is 0.640. The van der Waals surface area contributed by atoms with Crippen molar-refractivity contribution in [3.8, 4) is 0 Å². The van der Waals surface area contributed by atoms with E-state index in [0.29, 0.717) is 5.13 Å². The van der Waals surface area contributed by atoms with Crippen LogP contribution in [0.4, 0.5) is 16.5 Å². The fourth-order valence-corrected chi connectivity index (χ4v) is 5.28. The van der Waals surface area contributed by atoms with Crippen molar-refractivity contribution in [1.82, 2.24) is 4.98 Å². The molecule has 6 heteroatoms. The Morgan fingerprint density at radius 1 is 0.895 bits per heavy atom. The van der Waals surface area contributed by atoms with E-state index in [4.69, 9.17) is 16.2 Å². The second-order valence-electron chi connectivity index (χ2n) is 10.2. The number of rotatable bonds is 17. The molecule has 0 aliphatic heterocycles. The second kappa shape index (κ2) is 18.9. The number of nitrogens with two attached hydrogens (primary N) is 2. The fourth-order valence-electron chi connectivity index (χ4n) is 4.55. The zero-order chi connectivity index (χ0) is 27.6. The van der Waals surface area contributed by atoms with Crippen LogP contribution in [0, 0.1) is 5.92 Å². The minimum Gasteiger partial charge on any atom is -0.399 e. The molecule has 0 fully saturated rings. The standard InChI is InChI=1S/C25H46N2O.C7H6N2S/c1-5-9-12-18-28-19-17-27(21-22(8-4)13-10-6-2)24-15-16-25(26)23(20-24)14-11-7-3;8-7-9-5-3-1-2-4-6(5)10-7/h15-16,20,22H,5-14,17-19,21,26H2,1-4H3;1-4H,(H2,8,9). The van der Waals surface area contributed by atoms with Crippen LogP contribution in [0.2, 0.25) is 0 Å². The quantitative estimate of drug-likeness (QED) is 0.132. The van der Waals surface area contributed by atoms with Gasteiger partial charge in [-0.05, 0) is 67.5 Å². The minimum absolute atomic E-state index is 0.640. The summed E-state index contributed by atoms with van der Waals surface area (Å²) in [5, 5.41) is 0.640. The number of fused-ring (bicyclic) bond motifs is 1. The number of hydrogen-bond donors (Lipinski definition) is 2. The van der Waals surface area contributed by atoms with Crippen molar-refractivity contribution in [1.29, 1.82) is 0 Å². The Morgan fingerprint density at radius 3 is 2.37 bits per heavy atom. The van der Waals surface area contributed by atoms with Gasteiger partial charge in [0.25, 0.3) is 0 Å². The smallest absolute Gasteiger partial charge is 0.181 e. The van der Waals surface area contributed by atoms with Crippen molar-refractivity contribution < 1.29 is 4.74 Å². The molecule has 0 bridgehead atoms.